The van der Waals surface area contributed by atoms with Crippen LogP contribution in [-0.4, -0.2) is 60.7 Å². The first-order valence-electron chi connectivity index (χ1n) is 8.29. The SMILES string of the molecule is CCOCCN1CCN(Cc2nc(-c3ccco3)oc2C)CC1. The molecule has 23 heavy (non-hydrogen) atoms. The van der Waals surface area contributed by atoms with E-state index in [1.165, 1.54) is 0 Å². The van der Waals surface area contributed by atoms with Crippen LogP contribution in [0.25, 0.3) is 11.7 Å². The van der Waals surface area contributed by atoms with Gasteiger partial charge in [-0.1, -0.05) is 0 Å². The number of nitrogens with zero attached hydrogens (tertiary/aromatic N) is 3. The molecule has 0 spiro atoms. The third kappa shape index (κ3) is 4.22. The van der Waals surface area contributed by atoms with Gasteiger partial charge >= 0.3 is 0 Å². The first-order chi connectivity index (χ1) is 11.3. The smallest absolute Gasteiger partial charge is 0.263 e. The molecule has 1 saturated heterocycles. The highest BCUT2D eigenvalue weighted by molar-refractivity contribution is 5.44. The minimum atomic E-state index is 0.567. The molecule has 3 heterocycles. The summed E-state index contributed by atoms with van der Waals surface area (Å²) in [6, 6.07) is 3.71. The highest BCUT2D eigenvalue weighted by Gasteiger charge is 2.20. The van der Waals surface area contributed by atoms with Crippen molar-refractivity contribution in [1.82, 2.24) is 14.8 Å². The summed E-state index contributed by atoms with van der Waals surface area (Å²) in [7, 11) is 0. The van der Waals surface area contributed by atoms with E-state index >= 15 is 0 Å². The van der Waals surface area contributed by atoms with Crippen molar-refractivity contribution in [1.29, 1.82) is 0 Å². The predicted octanol–water partition coefficient (Wildman–Crippen LogP) is 2.40. The number of oxazole rings is 1. The van der Waals surface area contributed by atoms with Crippen molar-refractivity contribution in [2.24, 2.45) is 0 Å². The minimum absolute atomic E-state index is 0.567. The molecule has 0 aromatic carbocycles. The van der Waals surface area contributed by atoms with Gasteiger partial charge in [0, 0.05) is 45.9 Å². The average molecular weight is 319 g/mol. The molecule has 126 valence electrons. The Kier molecular flexibility index (Phi) is 5.48. The Morgan fingerprint density at radius 2 is 2.00 bits per heavy atom. The van der Waals surface area contributed by atoms with E-state index in [2.05, 4.69) is 14.8 Å². The quantitative estimate of drug-likeness (QED) is 0.731. The Balaban J connectivity index is 1.51. The monoisotopic (exact) mass is 319 g/mol. The number of piperazine rings is 1. The van der Waals surface area contributed by atoms with Gasteiger partial charge in [-0.25, -0.2) is 4.98 Å². The lowest BCUT2D eigenvalue weighted by Crippen LogP contribution is -2.46. The summed E-state index contributed by atoms with van der Waals surface area (Å²) in [6.07, 6.45) is 1.63. The molecule has 0 aliphatic carbocycles. The fraction of sp³-hybridized carbons (Fsp3) is 0.588. The molecule has 3 rings (SSSR count). The highest BCUT2D eigenvalue weighted by Crippen LogP contribution is 2.23. The van der Waals surface area contributed by atoms with Crippen LogP contribution in [0.1, 0.15) is 18.4 Å². The summed E-state index contributed by atoms with van der Waals surface area (Å²) in [4.78, 5) is 9.47. The van der Waals surface area contributed by atoms with Gasteiger partial charge in [0.25, 0.3) is 5.89 Å². The largest absolute Gasteiger partial charge is 0.459 e. The van der Waals surface area contributed by atoms with E-state index < -0.39 is 0 Å². The van der Waals surface area contributed by atoms with E-state index in [9.17, 15) is 0 Å². The van der Waals surface area contributed by atoms with E-state index in [0.29, 0.717) is 11.7 Å². The van der Waals surface area contributed by atoms with Crippen LogP contribution in [0.4, 0.5) is 0 Å². The van der Waals surface area contributed by atoms with Crippen molar-refractivity contribution in [2.75, 3.05) is 45.9 Å². The van der Waals surface area contributed by atoms with Crippen LogP contribution >= 0.6 is 0 Å². The van der Waals surface area contributed by atoms with E-state index in [1.54, 1.807) is 6.26 Å². The number of aryl methyl sites for hydroxylation is 1. The lowest BCUT2D eigenvalue weighted by Gasteiger charge is -2.34. The first-order valence-corrected chi connectivity index (χ1v) is 8.29. The maximum absolute atomic E-state index is 5.73. The summed E-state index contributed by atoms with van der Waals surface area (Å²) in [6.45, 7) is 11.7. The summed E-state index contributed by atoms with van der Waals surface area (Å²) in [5.74, 6) is 2.12. The van der Waals surface area contributed by atoms with Gasteiger partial charge in [-0.15, -0.1) is 0 Å². The lowest BCUT2D eigenvalue weighted by atomic mass is 10.2. The number of hydrogen-bond acceptors (Lipinski definition) is 6. The Hall–Kier alpha value is -1.63. The molecule has 2 aromatic rings. The molecule has 0 bridgehead atoms. The zero-order valence-corrected chi connectivity index (χ0v) is 14.0. The zero-order valence-electron chi connectivity index (χ0n) is 14.0. The van der Waals surface area contributed by atoms with Gasteiger partial charge in [0.15, 0.2) is 5.76 Å². The maximum Gasteiger partial charge on any atom is 0.263 e. The van der Waals surface area contributed by atoms with E-state index in [1.807, 2.05) is 26.0 Å². The van der Waals surface area contributed by atoms with Crippen molar-refractivity contribution >= 4 is 0 Å². The summed E-state index contributed by atoms with van der Waals surface area (Å²) in [5.41, 5.74) is 0.999. The number of furan rings is 1. The molecular weight excluding hydrogens is 294 g/mol. The Labute approximate surface area is 137 Å². The molecule has 1 fully saturated rings. The van der Waals surface area contributed by atoms with Crippen molar-refractivity contribution < 1.29 is 13.6 Å². The standard InChI is InChI=1S/C17H25N3O3/c1-3-21-12-10-19-6-8-20(9-7-19)13-15-14(2)23-17(18-15)16-5-4-11-22-16/h4-5,11H,3,6-10,12-13H2,1-2H3. The Morgan fingerprint density at radius 1 is 1.22 bits per heavy atom. The van der Waals surface area contributed by atoms with Crippen LogP contribution in [0.3, 0.4) is 0 Å². The zero-order chi connectivity index (χ0) is 16.1. The van der Waals surface area contributed by atoms with Gasteiger partial charge in [0.05, 0.1) is 18.6 Å². The van der Waals surface area contributed by atoms with Crippen LogP contribution in [0.5, 0.6) is 0 Å². The molecule has 0 radical (unpaired) electrons. The Morgan fingerprint density at radius 3 is 2.70 bits per heavy atom. The van der Waals surface area contributed by atoms with Crippen molar-refractivity contribution in [3.8, 4) is 11.7 Å². The highest BCUT2D eigenvalue weighted by atomic mass is 16.5. The van der Waals surface area contributed by atoms with Crippen LogP contribution in [0.2, 0.25) is 0 Å². The third-order valence-corrected chi connectivity index (χ3v) is 4.22. The summed E-state index contributed by atoms with van der Waals surface area (Å²) in [5, 5.41) is 0. The van der Waals surface area contributed by atoms with Gasteiger partial charge in [-0.05, 0) is 26.0 Å². The number of ether oxygens (including phenoxy) is 1. The van der Waals surface area contributed by atoms with Crippen molar-refractivity contribution in [2.45, 2.75) is 20.4 Å². The number of hydrogen-bond donors (Lipinski definition) is 0. The molecular formula is C17H25N3O3. The first kappa shape index (κ1) is 16.2. The van der Waals surface area contributed by atoms with Gasteiger partial charge in [-0.3, -0.25) is 9.80 Å². The van der Waals surface area contributed by atoms with Crippen LogP contribution < -0.4 is 0 Å². The second kappa shape index (κ2) is 7.77. The third-order valence-electron chi connectivity index (χ3n) is 4.22. The van der Waals surface area contributed by atoms with Gasteiger partial charge in [0.2, 0.25) is 0 Å². The van der Waals surface area contributed by atoms with Crippen LogP contribution in [0, 0.1) is 6.92 Å². The normalized spacial score (nSPS) is 17.0. The molecule has 0 unspecified atom stereocenters. The molecule has 0 atom stereocenters. The van der Waals surface area contributed by atoms with Crippen molar-refractivity contribution in [3.63, 3.8) is 0 Å². The van der Waals surface area contributed by atoms with E-state index in [-0.39, 0.29) is 0 Å². The van der Waals surface area contributed by atoms with Gasteiger partial charge < -0.3 is 13.6 Å². The van der Waals surface area contributed by atoms with Gasteiger partial charge in [-0.2, -0.15) is 0 Å². The maximum atomic E-state index is 5.73. The lowest BCUT2D eigenvalue weighted by molar-refractivity contribution is 0.0781. The van der Waals surface area contributed by atoms with Crippen molar-refractivity contribution in [3.05, 3.63) is 29.9 Å². The minimum Gasteiger partial charge on any atom is -0.459 e. The summed E-state index contributed by atoms with van der Waals surface area (Å²) < 4.78 is 16.5. The van der Waals surface area contributed by atoms with Crippen LogP contribution in [0.15, 0.2) is 27.2 Å². The molecule has 1 aliphatic rings. The van der Waals surface area contributed by atoms with Crippen LogP contribution in [-0.2, 0) is 11.3 Å². The fourth-order valence-electron chi connectivity index (χ4n) is 2.80. The van der Waals surface area contributed by atoms with Gasteiger partial charge in [0.1, 0.15) is 5.76 Å². The van der Waals surface area contributed by atoms with E-state index in [4.69, 9.17) is 13.6 Å². The topological polar surface area (TPSA) is 54.9 Å². The Bertz CT molecular complexity index is 586. The number of aromatic nitrogens is 1. The fourth-order valence-corrected chi connectivity index (χ4v) is 2.80. The van der Waals surface area contributed by atoms with E-state index in [0.717, 1.165) is 63.9 Å². The molecule has 6 heteroatoms. The molecule has 2 aromatic heterocycles. The molecule has 1 aliphatic heterocycles. The second-order valence-electron chi connectivity index (χ2n) is 5.81. The molecule has 0 amide bonds. The predicted molar refractivity (Wildman–Crippen MR) is 87.2 cm³/mol. The second-order valence-corrected chi connectivity index (χ2v) is 5.81. The molecule has 0 saturated carbocycles. The molecule has 0 N–H and O–H groups in total. The molecule has 6 nitrogen and oxygen atoms in total. The number of rotatable bonds is 7. The summed E-state index contributed by atoms with van der Waals surface area (Å²) >= 11 is 0. The average Bonchev–Trinajstić information content (AvgIpc) is 3.20.